The van der Waals surface area contributed by atoms with Gasteiger partial charge in [-0.15, -0.1) is 0 Å². The second kappa shape index (κ2) is 5.21. The maximum Gasteiger partial charge on any atom is 0.135 e. The number of benzene rings is 2. The zero-order valence-corrected chi connectivity index (χ0v) is 11.6. The van der Waals surface area contributed by atoms with Crippen LogP contribution in [0.4, 0.5) is 8.78 Å². The van der Waals surface area contributed by atoms with Crippen molar-refractivity contribution in [1.29, 1.82) is 0 Å². The number of hydrogen-bond donors (Lipinski definition) is 1. The molecule has 2 aromatic rings. The fourth-order valence-corrected chi connectivity index (χ4v) is 2.16. The molecule has 1 N–H and O–H groups in total. The Labute approximate surface area is 116 Å². The monoisotopic (exact) mass is 278 g/mol. The maximum atomic E-state index is 14.2. The van der Waals surface area contributed by atoms with Gasteiger partial charge in [0.15, 0.2) is 0 Å². The smallest absolute Gasteiger partial charge is 0.135 e. The largest absolute Gasteiger partial charge is 0.497 e. The third-order valence-electron chi connectivity index (χ3n) is 3.42. The predicted molar refractivity (Wildman–Crippen MR) is 72.8 cm³/mol. The summed E-state index contributed by atoms with van der Waals surface area (Å²) in [6, 6.07) is 8.94. The molecule has 0 saturated heterocycles. The van der Waals surface area contributed by atoms with E-state index in [1.54, 1.807) is 24.3 Å². The fraction of sp³-hybridized carbons (Fsp3) is 0.250. The lowest BCUT2D eigenvalue weighted by Gasteiger charge is -2.26. The molecule has 0 amide bonds. The second-order valence-corrected chi connectivity index (χ2v) is 4.85. The van der Waals surface area contributed by atoms with Crippen LogP contribution in [0.25, 0.3) is 0 Å². The Kier molecular flexibility index (Phi) is 3.77. The number of rotatable bonds is 3. The van der Waals surface area contributed by atoms with Crippen molar-refractivity contribution in [1.82, 2.24) is 0 Å². The van der Waals surface area contributed by atoms with Crippen LogP contribution < -0.4 is 4.74 Å². The quantitative estimate of drug-likeness (QED) is 0.930. The minimum Gasteiger partial charge on any atom is -0.497 e. The van der Waals surface area contributed by atoms with E-state index in [0.717, 1.165) is 6.07 Å². The summed E-state index contributed by atoms with van der Waals surface area (Å²) >= 11 is 0. The summed E-state index contributed by atoms with van der Waals surface area (Å²) < 4.78 is 33.1. The number of ether oxygens (including phenoxy) is 1. The minimum absolute atomic E-state index is 0.287. The molecule has 0 fully saturated rings. The van der Waals surface area contributed by atoms with Gasteiger partial charge in [-0.05, 0) is 43.2 Å². The van der Waals surface area contributed by atoms with Crippen molar-refractivity contribution in [3.05, 3.63) is 64.7 Å². The molecule has 1 unspecified atom stereocenters. The van der Waals surface area contributed by atoms with Crippen LogP contribution in [0.2, 0.25) is 0 Å². The van der Waals surface area contributed by atoms with Gasteiger partial charge < -0.3 is 9.84 Å². The highest BCUT2D eigenvalue weighted by molar-refractivity contribution is 5.41. The molecule has 0 aliphatic heterocycles. The molecule has 4 heteroatoms. The third-order valence-corrected chi connectivity index (χ3v) is 3.42. The van der Waals surface area contributed by atoms with E-state index in [1.165, 1.54) is 27.0 Å². The van der Waals surface area contributed by atoms with E-state index >= 15 is 0 Å². The molecule has 2 aromatic carbocycles. The highest BCUT2D eigenvalue weighted by Gasteiger charge is 2.32. The summed E-state index contributed by atoms with van der Waals surface area (Å²) in [6.45, 7) is 2.90. The molecule has 0 aliphatic carbocycles. The standard InChI is InChI=1S/C16H16F2O2/c1-10-4-9-13(17)14(15(10)18)16(2,19)11-5-7-12(20-3)8-6-11/h4-9,19H,1-3H3. The average Bonchev–Trinajstić information content (AvgIpc) is 2.43. The van der Waals surface area contributed by atoms with Crippen molar-refractivity contribution in [2.75, 3.05) is 7.11 Å². The summed E-state index contributed by atoms with van der Waals surface area (Å²) in [5.41, 5.74) is -1.42. The lowest BCUT2D eigenvalue weighted by Crippen LogP contribution is -2.26. The summed E-state index contributed by atoms with van der Waals surface area (Å²) in [5, 5.41) is 10.6. The Hall–Kier alpha value is -1.94. The van der Waals surface area contributed by atoms with Crippen LogP contribution >= 0.6 is 0 Å². The van der Waals surface area contributed by atoms with Crippen LogP contribution in [0.5, 0.6) is 5.75 Å². The number of methoxy groups -OCH3 is 1. The van der Waals surface area contributed by atoms with Crippen molar-refractivity contribution >= 4 is 0 Å². The van der Waals surface area contributed by atoms with E-state index in [1.807, 2.05) is 0 Å². The highest BCUT2D eigenvalue weighted by atomic mass is 19.1. The lowest BCUT2D eigenvalue weighted by atomic mass is 9.86. The summed E-state index contributed by atoms with van der Waals surface area (Å²) in [6.07, 6.45) is 0. The van der Waals surface area contributed by atoms with Crippen molar-refractivity contribution in [2.45, 2.75) is 19.4 Å². The first kappa shape index (κ1) is 14.5. The summed E-state index contributed by atoms with van der Waals surface area (Å²) in [5.74, 6) is -0.894. The second-order valence-electron chi connectivity index (χ2n) is 4.85. The van der Waals surface area contributed by atoms with Gasteiger partial charge in [0.05, 0.1) is 12.7 Å². The van der Waals surface area contributed by atoms with E-state index in [2.05, 4.69) is 0 Å². The van der Waals surface area contributed by atoms with Crippen LogP contribution in [0, 0.1) is 18.6 Å². The van der Waals surface area contributed by atoms with Crippen molar-refractivity contribution in [3.63, 3.8) is 0 Å². The molecule has 0 saturated carbocycles. The number of halogens is 2. The Morgan fingerprint density at radius 3 is 2.20 bits per heavy atom. The normalized spacial score (nSPS) is 13.9. The molecule has 1 atom stereocenters. The fourth-order valence-electron chi connectivity index (χ4n) is 2.16. The van der Waals surface area contributed by atoms with Crippen molar-refractivity contribution < 1.29 is 18.6 Å². The molecule has 0 bridgehead atoms. The molecule has 2 rings (SSSR count). The molecule has 0 radical (unpaired) electrons. The van der Waals surface area contributed by atoms with Gasteiger partial charge in [0.25, 0.3) is 0 Å². The van der Waals surface area contributed by atoms with Gasteiger partial charge in [-0.25, -0.2) is 8.78 Å². The third kappa shape index (κ3) is 2.39. The topological polar surface area (TPSA) is 29.5 Å². The van der Waals surface area contributed by atoms with E-state index in [0.29, 0.717) is 11.3 Å². The first-order valence-corrected chi connectivity index (χ1v) is 6.20. The molecular formula is C16H16F2O2. The molecular weight excluding hydrogens is 262 g/mol. The maximum absolute atomic E-state index is 14.2. The highest BCUT2D eigenvalue weighted by Crippen LogP contribution is 2.34. The molecule has 0 heterocycles. The summed E-state index contributed by atoms with van der Waals surface area (Å²) in [7, 11) is 1.52. The number of aliphatic hydroxyl groups is 1. The molecule has 2 nitrogen and oxygen atoms in total. The van der Waals surface area contributed by atoms with Gasteiger partial charge >= 0.3 is 0 Å². The van der Waals surface area contributed by atoms with Crippen LogP contribution in [-0.4, -0.2) is 12.2 Å². The molecule has 0 aromatic heterocycles. The van der Waals surface area contributed by atoms with Crippen LogP contribution in [0.3, 0.4) is 0 Å². The predicted octanol–water partition coefficient (Wildman–Crippen LogP) is 3.54. The Bertz CT molecular complexity index is 619. The first-order valence-electron chi connectivity index (χ1n) is 6.20. The van der Waals surface area contributed by atoms with Gasteiger partial charge in [0, 0.05) is 0 Å². The Balaban J connectivity index is 2.56. The zero-order valence-electron chi connectivity index (χ0n) is 11.6. The van der Waals surface area contributed by atoms with Crippen LogP contribution in [0.1, 0.15) is 23.6 Å². The average molecular weight is 278 g/mol. The number of aryl methyl sites for hydroxylation is 1. The lowest BCUT2D eigenvalue weighted by molar-refractivity contribution is 0.0932. The minimum atomic E-state index is -1.76. The van der Waals surface area contributed by atoms with Gasteiger partial charge in [-0.3, -0.25) is 0 Å². The Morgan fingerprint density at radius 2 is 1.65 bits per heavy atom. The summed E-state index contributed by atoms with van der Waals surface area (Å²) in [4.78, 5) is 0. The molecule has 20 heavy (non-hydrogen) atoms. The van der Waals surface area contributed by atoms with Crippen molar-refractivity contribution in [2.24, 2.45) is 0 Å². The van der Waals surface area contributed by atoms with Crippen LogP contribution in [-0.2, 0) is 5.60 Å². The van der Waals surface area contributed by atoms with Crippen molar-refractivity contribution in [3.8, 4) is 5.75 Å². The molecule has 0 aliphatic rings. The first-order chi connectivity index (χ1) is 9.37. The van der Waals surface area contributed by atoms with Gasteiger partial charge in [-0.2, -0.15) is 0 Å². The van der Waals surface area contributed by atoms with Gasteiger partial charge in [0.1, 0.15) is 23.0 Å². The van der Waals surface area contributed by atoms with E-state index in [4.69, 9.17) is 4.74 Å². The van der Waals surface area contributed by atoms with E-state index < -0.39 is 17.2 Å². The van der Waals surface area contributed by atoms with Gasteiger partial charge in [0.2, 0.25) is 0 Å². The van der Waals surface area contributed by atoms with E-state index in [-0.39, 0.29) is 11.1 Å². The van der Waals surface area contributed by atoms with E-state index in [9.17, 15) is 13.9 Å². The Morgan fingerprint density at radius 1 is 1.05 bits per heavy atom. The van der Waals surface area contributed by atoms with Crippen LogP contribution in [0.15, 0.2) is 36.4 Å². The van der Waals surface area contributed by atoms with Gasteiger partial charge in [-0.1, -0.05) is 18.2 Å². The zero-order chi connectivity index (χ0) is 14.9. The SMILES string of the molecule is COc1ccc(C(C)(O)c2c(F)ccc(C)c2F)cc1. The molecule has 0 spiro atoms. The number of hydrogen-bond acceptors (Lipinski definition) is 2. The molecule has 106 valence electrons.